The van der Waals surface area contributed by atoms with E-state index in [1.807, 2.05) is 66.7 Å². The SMILES string of the molecule is CC(C)c1ccc(NC(=O)CSc2cccc(NC(=S)Nc3ccccc3)c2)cc1. The first kappa shape index (κ1) is 21.9. The molecule has 0 saturated heterocycles. The third kappa shape index (κ3) is 6.90. The number of hydrogen-bond donors (Lipinski definition) is 3. The van der Waals surface area contributed by atoms with Gasteiger partial charge in [-0.15, -0.1) is 11.8 Å². The van der Waals surface area contributed by atoms with Crippen molar-refractivity contribution in [3.63, 3.8) is 0 Å². The van der Waals surface area contributed by atoms with Crippen LogP contribution in [-0.4, -0.2) is 16.8 Å². The van der Waals surface area contributed by atoms with Gasteiger partial charge in [-0.25, -0.2) is 0 Å². The zero-order valence-corrected chi connectivity index (χ0v) is 18.6. The third-order valence-electron chi connectivity index (χ3n) is 4.35. The van der Waals surface area contributed by atoms with Gasteiger partial charge in [-0.2, -0.15) is 0 Å². The van der Waals surface area contributed by atoms with Crippen molar-refractivity contribution in [2.75, 3.05) is 21.7 Å². The molecule has 0 bridgehead atoms. The van der Waals surface area contributed by atoms with Gasteiger partial charge in [0.25, 0.3) is 0 Å². The van der Waals surface area contributed by atoms with Crippen molar-refractivity contribution in [1.29, 1.82) is 0 Å². The molecule has 0 heterocycles. The van der Waals surface area contributed by atoms with E-state index < -0.39 is 0 Å². The largest absolute Gasteiger partial charge is 0.332 e. The van der Waals surface area contributed by atoms with E-state index in [1.54, 1.807) is 0 Å². The van der Waals surface area contributed by atoms with E-state index in [0.29, 0.717) is 16.8 Å². The van der Waals surface area contributed by atoms with E-state index in [0.717, 1.165) is 22.0 Å². The molecular formula is C24H25N3OS2. The number of amides is 1. The molecule has 0 fully saturated rings. The molecule has 0 atom stereocenters. The van der Waals surface area contributed by atoms with Crippen LogP contribution < -0.4 is 16.0 Å². The summed E-state index contributed by atoms with van der Waals surface area (Å²) in [7, 11) is 0. The van der Waals surface area contributed by atoms with Gasteiger partial charge >= 0.3 is 0 Å². The second kappa shape index (κ2) is 10.8. The maximum Gasteiger partial charge on any atom is 0.234 e. The van der Waals surface area contributed by atoms with E-state index in [9.17, 15) is 4.79 Å². The van der Waals surface area contributed by atoms with Crippen molar-refractivity contribution >= 4 is 52.1 Å². The van der Waals surface area contributed by atoms with Gasteiger partial charge < -0.3 is 16.0 Å². The summed E-state index contributed by atoms with van der Waals surface area (Å²) in [5, 5.41) is 9.79. The summed E-state index contributed by atoms with van der Waals surface area (Å²) in [6.45, 7) is 4.30. The molecule has 154 valence electrons. The van der Waals surface area contributed by atoms with Gasteiger partial charge in [0.1, 0.15) is 0 Å². The molecule has 0 aliphatic carbocycles. The number of hydrogen-bond acceptors (Lipinski definition) is 3. The lowest BCUT2D eigenvalue weighted by Gasteiger charge is -2.11. The Hall–Kier alpha value is -2.83. The van der Waals surface area contributed by atoms with Crippen LogP contribution in [0.2, 0.25) is 0 Å². The fraction of sp³-hybridized carbons (Fsp3) is 0.167. The summed E-state index contributed by atoms with van der Waals surface area (Å²) in [5.74, 6) is 0.779. The molecule has 4 nitrogen and oxygen atoms in total. The first-order chi connectivity index (χ1) is 14.5. The van der Waals surface area contributed by atoms with Crippen molar-refractivity contribution < 1.29 is 4.79 Å². The minimum atomic E-state index is -0.0306. The molecule has 0 saturated carbocycles. The Bertz CT molecular complexity index is 989. The zero-order valence-electron chi connectivity index (χ0n) is 17.0. The van der Waals surface area contributed by atoms with E-state index in [4.69, 9.17) is 12.2 Å². The van der Waals surface area contributed by atoms with Crippen LogP contribution in [0.3, 0.4) is 0 Å². The lowest BCUT2D eigenvalue weighted by atomic mass is 10.0. The van der Waals surface area contributed by atoms with E-state index >= 15 is 0 Å². The standard InChI is InChI=1S/C24H25N3OS2/c1-17(2)18-11-13-20(14-12-18)25-23(28)16-30-22-10-6-9-21(15-22)27-24(29)26-19-7-4-3-5-8-19/h3-15,17H,16H2,1-2H3,(H,25,28)(H2,26,27,29). The number of para-hydroxylation sites is 1. The Morgan fingerprint density at radius 3 is 2.17 bits per heavy atom. The molecule has 3 aromatic carbocycles. The van der Waals surface area contributed by atoms with Crippen LogP contribution in [0.4, 0.5) is 17.1 Å². The van der Waals surface area contributed by atoms with Gasteiger partial charge in [-0.05, 0) is 66.2 Å². The van der Waals surface area contributed by atoms with Crippen molar-refractivity contribution in [3.8, 4) is 0 Å². The second-order valence-electron chi connectivity index (χ2n) is 7.09. The Morgan fingerprint density at radius 2 is 1.47 bits per heavy atom. The number of benzene rings is 3. The van der Waals surface area contributed by atoms with Gasteiger partial charge in [0.15, 0.2) is 5.11 Å². The molecule has 30 heavy (non-hydrogen) atoms. The van der Waals surface area contributed by atoms with Gasteiger partial charge in [0.05, 0.1) is 5.75 Å². The molecule has 1 amide bonds. The summed E-state index contributed by atoms with van der Waals surface area (Å²) in [5.41, 5.74) is 3.88. The van der Waals surface area contributed by atoms with Gasteiger partial charge in [0.2, 0.25) is 5.91 Å². The molecule has 0 aromatic heterocycles. The fourth-order valence-corrected chi connectivity index (χ4v) is 3.77. The number of thiocarbonyl (C=S) groups is 1. The maximum atomic E-state index is 12.3. The monoisotopic (exact) mass is 435 g/mol. The quantitative estimate of drug-likeness (QED) is 0.298. The van der Waals surface area contributed by atoms with Crippen LogP contribution in [0.1, 0.15) is 25.3 Å². The summed E-state index contributed by atoms with van der Waals surface area (Å²) >= 11 is 6.86. The van der Waals surface area contributed by atoms with Crippen LogP contribution >= 0.6 is 24.0 Å². The Labute approximate surface area is 187 Å². The first-order valence-electron chi connectivity index (χ1n) is 9.75. The average molecular weight is 436 g/mol. The first-order valence-corrected chi connectivity index (χ1v) is 11.1. The molecule has 3 aromatic rings. The molecule has 6 heteroatoms. The highest BCUT2D eigenvalue weighted by Gasteiger charge is 2.06. The minimum Gasteiger partial charge on any atom is -0.332 e. The lowest BCUT2D eigenvalue weighted by molar-refractivity contribution is -0.113. The van der Waals surface area contributed by atoms with Crippen molar-refractivity contribution in [3.05, 3.63) is 84.4 Å². The smallest absolute Gasteiger partial charge is 0.234 e. The average Bonchev–Trinajstić information content (AvgIpc) is 2.73. The summed E-state index contributed by atoms with van der Waals surface area (Å²) in [6, 6.07) is 25.6. The van der Waals surface area contributed by atoms with E-state index in [2.05, 4.69) is 41.9 Å². The number of rotatable bonds is 7. The molecule has 0 unspecified atom stereocenters. The van der Waals surface area contributed by atoms with Crippen LogP contribution in [0.15, 0.2) is 83.8 Å². The second-order valence-corrected chi connectivity index (χ2v) is 8.54. The molecule has 0 spiro atoms. The number of nitrogens with one attached hydrogen (secondary N) is 3. The molecule has 3 N–H and O–H groups in total. The van der Waals surface area contributed by atoms with Gasteiger partial charge in [0, 0.05) is 22.0 Å². The van der Waals surface area contributed by atoms with Crippen LogP contribution in [0.5, 0.6) is 0 Å². The highest BCUT2D eigenvalue weighted by atomic mass is 32.2. The molecular weight excluding hydrogens is 410 g/mol. The van der Waals surface area contributed by atoms with Crippen molar-refractivity contribution in [2.45, 2.75) is 24.7 Å². The van der Waals surface area contributed by atoms with Gasteiger partial charge in [-0.1, -0.05) is 50.2 Å². The highest BCUT2D eigenvalue weighted by molar-refractivity contribution is 8.00. The molecule has 0 aliphatic rings. The Morgan fingerprint density at radius 1 is 0.833 bits per heavy atom. The van der Waals surface area contributed by atoms with E-state index in [-0.39, 0.29) is 5.91 Å². The van der Waals surface area contributed by atoms with Crippen LogP contribution in [0.25, 0.3) is 0 Å². The normalized spacial score (nSPS) is 10.5. The third-order valence-corrected chi connectivity index (χ3v) is 5.55. The number of anilines is 3. The molecule has 0 aliphatic heterocycles. The maximum absolute atomic E-state index is 12.3. The number of carbonyl (C=O) groups is 1. The summed E-state index contributed by atoms with van der Waals surface area (Å²) < 4.78 is 0. The minimum absolute atomic E-state index is 0.0306. The predicted octanol–water partition coefficient (Wildman–Crippen LogP) is 6.35. The van der Waals surface area contributed by atoms with Crippen molar-refractivity contribution in [1.82, 2.24) is 0 Å². The molecule has 3 rings (SSSR count). The summed E-state index contributed by atoms with van der Waals surface area (Å²) in [4.78, 5) is 13.3. The summed E-state index contributed by atoms with van der Waals surface area (Å²) in [6.07, 6.45) is 0. The fourth-order valence-electron chi connectivity index (χ4n) is 2.78. The zero-order chi connectivity index (χ0) is 21.3. The topological polar surface area (TPSA) is 53.2 Å². The number of thioether (sulfide) groups is 1. The number of carbonyl (C=O) groups excluding carboxylic acids is 1. The van der Waals surface area contributed by atoms with Crippen LogP contribution in [-0.2, 0) is 4.79 Å². The van der Waals surface area contributed by atoms with Crippen LogP contribution in [0, 0.1) is 0 Å². The predicted molar refractivity (Wildman–Crippen MR) is 133 cm³/mol. The highest BCUT2D eigenvalue weighted by Crippen LogP contribution is 2.23. The Kier molecular flexibility index (Phi) is 7.88. The Balaban J connectivity index is 1.49. The molecule has 0 radical (unpaired) electrons. The van der Waals surface area contributed by atoms with Crippen molar-refractivity contribution in [2.24, 2.45) is 0 Å². The van der Waals surface area contributed by atoms with E-state index in [1.165, 1.54) is 17.3 Å². The van der Waals surface area contributed by atoms with Gasteiger partial charge in [-0.3, -0.25) is 4.79 Å². The lowest BCUT2D eigenvalue weighted by Crippen LogP contribution is -2.19.